The van der Waals surface area contributed by atoms with Gasteiger partial charge in [-0.2, -0.15) is 0 Å². The van der Waals surface area contributed by atoms with Gasteiger partial charge in [0.25, 0.3) is 0 Å². The molecule has 1 aromatic rings. The third kappa shape index (κ3) is 4.71. The van der Waals surface area contributed by atoms with Gasteiger partial charge in [0.2, 0.25) is 0 Å². The van der Waals surface area contributed by atoms with Crippen molar-refractivity contribution in [1.29, 1.82) is 0 Å². The minimum Gasteiger partial charge on any atom is -0.466 e. The number of carbonyl (C=O) groups excluding carboxylic acids is 1. The second kappa shape index (κ2) is 7.80. The molecule has 0 atom stereocenters. The van der Waals surface area contributed by atoms with Crippen molar-refractivity contribution in [1.82, 2.24) is 9.97 Å². The molecule has 0 radical (unpaired) electrons. The summed E-state index contributed by atoms with van der Waals surface area (Å²) >= 11 is 11.9. The number of nitrogens with zero attached hydrogens (tertiary/aromatic N) is 3. The van der Waals surface area contributed by atoms with E-state index in [9.17, 15) is 4.79 Å². The van der Waals surface area contributed by atoms with Crippen molar-refractivity contribution in [2.75, 3.05) is 24.6 Å². The van der Waals surface area contributed by atoms with E-state index in [2.05, 4.69) is 14.9 Å². The van der Waals surface area contributed by atoms with Crippen LogP contribution in [-0.2, 0) is 9.53 Å². The number of ether oxygens (including phenoxy) is 1. The van der Waals surface area contributed by atoms with Crippen LogP contribution < -0.4 is 4.90 Å². The van der Waals surface area contributed by atoms with Crippen LogP contribution in [0.3, 0.4) is 0 Å². The van der Waals surface area contributed by atoms with Gasteiger partial charge in [0.1, 0.15) is 5.15 Å². The molecule has 1 saturated heterocycles. The second-order valence-corrected chi connectivity index (χ2v) is 5.83. The maximum atomic E-state index is 11.4. The fourth-order valence-corrected chi connectivity index (χ4v) is 2.87. The summed E-state index contributed by atoms with van der Waals surface area (Å²) in [6.45, 7) is 3.97. The Hall–Kier alpha value is -1.07. The van der Waals surface area contributed by atoms with Crippen LogP contribution >= 0.6 is 23.2 Å². The molecular formula is C14H19Cl2N3O2. The van der Waals surface area contributed by atoms with E-state index in [1.54, 1.807) is 0 Å². The number of halogens is 2. The van der Waals surface area contributed by atoms with E-state index >= 15 is 0 Å². The Labute approximate surface area is 134 Å². The van der Waals surface area contributed by atoms with Crippen LogP contribution in [0.5, 0.6) is 0 Å². The SMILES string of the molecule is CCOC(=O)CCC1CCN(c2nc(Cl)cnc2Cl)CC1. The average Bonchev–Trinajstić information content (AvgIpc) is 2.49. The highest BCUT2D eigenvalue weighted by Gasteiger charge is 2.23. The van der Waals surface area contributed by atoms with Crippen molar-refractivity contribution in [2.24, 2.45) is 5.92 Å². The first-order valence-corrected chi connectivity index (χ1v) is 7.94. The molecule has 0 saturated carbocycles. The lowest BCUT2D eigenvalue weighted by Gasteiger charge is -2.32. The highest BCUT2D eigenvalue weighted by Crippen LogP contribution is 2.29. The number of aromatic nitrogens is 2. The van der Waals surface area contributed by atoms with E-state index in [4.69, 9.17) is 27.9 Å². The summed E-state index contributed by atoms with van der Waals surface area (Å²) in [7, 11) is 0. The number of piperidine rings is 1. The molecule has 0 amide bonds. The molecule has 0 bridgehead atoms. The number of rotatable bonds is 5. The fourth-order valence-electron chi connectivity index (χ4n) is 2.53. The van der Waals surface area contributed by atoms with Gasteiger partial charge >= 0.3 is 5.97 Å². The smallest absolute Gasteiger partial charge is 0.305 e. The standard InChI is InChI=1S/C14H19Cl2N3O2/c1-2-21-12(20)4-3-10-5-7-19(8-6-10)14-13(16)17-9-11(15)18-14/h9-10H,2-8H2,1H3. The molecule has 1 aliphatic heterocycles. The van der Waals surface area contributed by atoms with E-state index in [1.165, 1.54) is 6.20 Å². The fraction of sp³-hybridized carbons (Fsp3) is 0.643. The first-order valence-electron chi connectivity index (χ1n) is 7.18. The minimum absolute atomic E-state index is 0.108. The number of esters is 1. The van der Waals surface area contributed by atoms with E-state index in [-0.39, 0.29) is 5.97 Å². The summed E-state index contributed by atoms with van der Waals surface area (Å²) in [5.41, 5.74) is 0. The molecule has 5 nitrogen and oxygen atoms in total. The van der Waals surface area contributed by atoms with E-state index in [0.717, 1.165) is 32.4 Å². The quantitative estimate of drug-likeness (QED) is 0.774. The van der Waals surface area contributed by atoms with E-state index in [1.807, 2.05) is 6.92 Å². The summed E-state index contributed by atoms with van der Waals surface area (Å²) in [6.07, 6.45) is 4.82. The minimum atomic E-state index is -0.108. The normalized spacial score (nSPS) is 16.0. The van der Waals surface area contributed by atoms with Crippen molar-refractivity contribution in [3.8, 4) is 0 Å². The van der Waals surface area contributed by atoms with Crippen LogP contribution in [0, 0.1) is 5.92 Å². The lowest BCUT2D eigenvalue weighted by molar-refractivity contribution is -0.143. The zero-order valence-electron chi connectivity index (χ0n) is 12.0. The second-order valence-electron chi connectivity index (χ2n) is 5.08. The van der Waals surface area contributed by atoms with Gasteiger partial charge in [-0.05, 0) is 32.1 Å². The molecule has 2 rings (SSSR count). The zero-order chi connectivity index (χ0) is 15.2. The van der Waals surface area contributed by atoms with Gasteiger partial charge < -0.3 is 9.64 Å². The summed E-state index contributed by atoms with van der Waals surface area (Å²) in [4.78, 5) is 21.7. The van der Waals surface area contributed by atoms with Crippen molar-refractivity contribution in [3.63, 3.8) is 0 Å². The van der Waals surface area contributed by atoms with Crippen LogP contribution in [0.2, 0.25) is 10.3 Å². The van der Waals surface area contributed by atoms with Crippen molar-refractivity contribution in [2.45, 2.75) is 32.6 Å². The zero-order valence-corrected chi connectivity index (χ0v) is 13.5. The summed E-state index contributed by atoms with van der Waals surface area (Å²) in [6, 6.07) is 0. The Bertz CT molecular complexity index is 491. The summed E-state index contributed by atoms with van der Waals surface area (Å²) in [5.74, 6) is 1.08. The van der Waals surface area contributed by atoms with Crippen LogP contribution in [0.25, 0.3) is 0 Å². The molecule has 7 heteroatoms. The lowest BCUT2D eigenvalue weighted by Crippen LogP contribution is -2.34. The van der Waals surface area contributed by atoms with E-state index in [0.29, 0.717) is 35.1 Å². The average molecular weight is 332 g/mol. The number of carbonyl (C=O) groups is 1. The summed E-state index contributed by atoms with van der Waals surface area (Å²) in [5, 5.41) is 0.725. The van der Waals surface area contributed by atoms with Gasteiger partial charge in [-0.3, -0.25) is 4.79 Å². The maximum Gasteiger partial charge on any atom is 0.305 e. The highest BCUT2D eigenvalue weighted by atomic mass is 35.5. The summed E-state index contributed by atoms with van der Waals surface area (Å²) < 4.78 is 4.95. The van der Waals surface area contributed by atoms with Crippen molar-refractivity contribution >= 4 is 35.0 Å². The number of hydrogen-bond donors (Lipinski definition) is 0. The molecule has 21 heavy (non-hydrogen) atoms. The lowest BCUT2D eigenvalue weighted by atomic mass is 9.92. The predicted octanol–water partition coefficient (Wildman–Crippen LogP) is 3.34. The molecule has 0 aromatic carbocycles. The third-order valence-corrected chi connectivity index (χ3v) is 4.11. The van der Waals surface area contributed by atoms with Gasteiger partial charge in [-0.1, -0.05) is 23.2 Å². The van der Waals surface area contributed by atoms with Crippen molar-refractivity contribution in [3.05, 3.63) is 16.5 Å². The third-order valence-electron chi connectivity index (χ3n) is 3.66. The Morgan fingerprint density at radius 3 is 2.81 bits per heavy atom. The molecule has 116 valence electrons. The molecular weight excluding hydrogens is 313 g/mol. The van der Waals surface area contributed by atoms with Crippen LogP contribution in [0.15, 0.2) is 6.20 Å². The molecule has 0 spiro atoms. The molecule has 0 unspecified atom stereocenters. The van der Waals surface area contributed by atoms with Gasteiger partial charge in [0, 0.05) is 19.5 Å². The highest BCUT2D eigenvalue weighted by molar-refractivity contribution is 6.33. The van der Waals surface area contributed by atoms with E-state index < -0.39 is 0 Å². The predicted molar refractivity (Wildman–Crippen MR) is 82.9 cm³/mol. The molecule has 2 heterocycles. The Morgan fingerprint density at radius 1 is 1.43 bits per heavy atom. The van der Waals surface area contributed by atoms with Crippen LogP contribution in [0.1, 0.15) is 32.6 Å². The molecule has 1 fully saturated rings. The first-order chi connectivity index (χ1) is 10.1. The maximum absolute atomic E-state index is 11.4. The number of anilines is 1. The van der Waals surface area contributed by atoms with Crippen molar-refractivity contribution < 1.29 is 9.53 Å². The van der Waals surface area contributed by atoms with Gasteiger partial charge in [0.15, 0.2) is 11.0 Å². The monoisotopic (exact) mass is 331 g/mol. The van der Waals surface area contributed by atoms with Crippen LogP contribution in [0.4, 0.5) is 5.82 Å². The van der Waals surface area contributed by atoms with Gasteiger partial charge in [-0.25, -0.2) is 9.97 Å². The molecule has 1 aromatic heterocycles. The number of hydrogen-bond acceptors (Lipinski definition) is 5. The molecule has 1 aliphatic rings. The Balaban J connectivity index is 1.83. The topological polar surface area (TPSA) is 55.3 Å². The Kier molecular flexibility index (Phi) is 6.06. The molecule has 0 N–H and O–H groups in total. The molecule has 0 aliphatic carbocycles. The Morgan fingerprint density at radius 2 is 2.14 bits per heavy atom. The van der Waals surface area contributed by atoms with Gasteiger partial charge in [-0.15, -0.1) is 0 Å². The van der Waals surface area contributed by atoms with Crippen LogP contribution in [-0.4, -0.2) is 35.6 Å². The first kappa shape index (κ1) is 16.3. The van der Waals surface area contributed by atoms with Gasteiger partial charge in [0.05, 0.1) is 12.8 Å². The largest absolute Gasteiger partial charge is 0.466 e.